The Balaban J connectivity index is 2.79. The number of sulfonamides is 1. The van der Waals surface area contributed by atoms with E-state index in [1.54, 1.807) is 31.3 Å². The zero-order valence-corrected chi connectivity index (χ0v) is 12.1. The van der Waals surface area contributed by atoms with Gasteiger partial charge in [-0.05, 0) is 38.2 Å². The minimum atomic E-state index is -3.42. The molecule has 2 N–H and O–H groups in total. The molecular formula is C12H21N3O2S. The molecule has 0 heterocycles. The molecule has 0 fully saturated rings. The van der Waals surface area contributed by atoms with Crippen LogP contribution in [0.4, 0.5) is 5.69 Å². The number of nitrogens with one attached hydrogen (secondary N) is 2. The number of hydrogen-bond donors (Lipinski definition) is 2. The third kappa shape index (κ3) is 3.97. The molecule has 0 spiro atoms. The van der Waals surface area contributed by atoms with Crippen LogP contribution < -0.4 is 14.9 Å². The summed E-state index contributed by atoms with van der Waals surface area (Å²) >= 11 is 0. The van der Waals surface area contributed by atoms with E-state index in [2.05, 4.69) is 10.0 Å². The minimum absolute atomic E-state index is 0.0980. The van der Waals surface area contributed by atoms with Gasteiger partial charge in [0.25, 0.3) is 0 Å². The van der Waals surface area contributed by atoms with Crippen LogP contribution in [0, 0.1) is 0 Å². The first-order valence-electron chi connectivity index (χ1n) is 5.81. The molecule has 1 atom stereocenters. The van der Waals surface area contributed by atoms with Crippen molar-refractivity contribution in [2.45, 2.75) is 17.9 Å². The fourth-order valence-corrected chi connectivity index (χ4v) is 2.47. The van der Waals surface area contributed by atoms with Gasteiger partial charge >= 0.3 is 0 Å². The monoisotopic (exact) mass is 271 g/mol. The van der Waals surface area contributed by atoms with E-state index < -0.39 is 10.0 Å². The van der Waals surface area contributed by atoms with Gasteiger partial charge in [0.1, 0.15) is 0 Å². The van der Waals surface area contributed by atoms with Crippen LogP contribution in [0.1, 0.15) is 6.92 Å². The molecule has 6 heteroatoms. The highest BCUT2D eigenvalue weighted by molar-refractivity contribution is 7.89. The molecule has 0 saturated heterocycles. The van der Waals surface area contributed by atoms with Crippen LogP contribution in [-0.4, -0.2) is 42.1 Å². The number of rotatable bonds is 6. The van der Waals surface area contributed by atoms with Crippen molar-refractivity contribution in [3.8, 4) is 0 Å². The van der Waals surface area contributed by atoms with Crippen molar-refractivity contribution >= 4 is 15.7 Å². The maximum atomic E-state index is 12.0. The maximum Gasteiger partial charge on any atom is 0.240 e. The van der Waals surface area contributed by atoms with Gasteiger partial charge < -0.3 is 10.2 Å². The van der Waals surface area contributed by atoms with Crippen LogP contribution >= 0.6 is 0 Å². The molecule has 0 saturated carbocycles. The van der Waals surface area contributed by atoms with Gasteiger partial charge in [-0.25, -0.2) is 13.1 Å². The van der Waals surface area contributed by atoms with E-state index in [0.29, 0.717) is 6.54 Å². The average Bonchev–Trinajstić information content (AvgIpc) is 2.36. The molecule has 0 aliphatic carbocycles. The number of nitrogens with zero attached hydrogens (tertiary/aromatic N) is 1. The maximum absolute atomic E-state index is 12.0. The third-order valence-electron chi connectivity index (χ3n) is 2.74. The Morgan fingerprint density at radius 2 is 1.78 bits per heavy atom. The summed E-state index contributed by atoms with van der Waals surface area (Å²) < 4.78 is 26.5. The molecule has 0 aromatic heterocycles. The second-order valence-electron chi connectivity index (χ2n) is 4.43. The summed E-state index contributed by atoms with van der Waals surface area (Å²) in [6.07, 6.45) is 0. The number of anilines is 1. The second kappa shape index (κ2) is 6.17. The quantitative estimate of drug-likeness (QED) is 0.797. The fraction of sp³-hybridized carbons (Fsp3) is 0.500. The standard InChI is InChI=1S/C12H21N3O2S/c1-10(13-2)9-14-18(16,17)12-7-5-11(6-8-12)15(3)4/h5-8,10,13-14H,9H2,1-4H3. The number of hydrogen-bond acceptors (Lipinski definition) is 4. The smallest absolute Gasteiger partial charge is 0.240 e. The Bertz CT molecular complexity index is 469. The van der Waals surface area contributed by atoms with E-state index in [1.807, 2.05) is 25.9 Å². The van der Waals surface area contributed by atoms with Crippen molar-refractivity contribution in [2.24, 2.45) is 0 Å². The van der Waals surface area contributed by atoms with Gasteiger partial charge in [-0.3, -0.25) is 0 Å². The van der Waals surface area contributed by atoms with E-state index in [0.717, 1.165) is 5.69 Å². The molecule has 0 radical (unpaired) electrons. The Labute approximate surface area is 109 Å². The second-order valence-corrected chi connectivity index (χ2v) is 6.20. The molecule has 1 aromatic carbocycles. The Morgan fingerprint density at radius 3 is 2.22 bits per heavy atom. The van der Waals surface area contributed by atoms with E-state index >= 15 is 0 Å². The van der Waals surface area contributed by atoms with Gasteiger partial charge in [0.05, 0.1) is 4.90 Å². The van der Waals surface area contributed by atoms with Crippen molar-refractivity contribution in [1.29, 1.82) is 0 Å². The van der Waals surface area contributed by atoms with E-state index in [-0.39, 0.29) is 10.9 Å². The SMILES string of the molecule is CNC(C)CNS(=O)(=O)c1ccc(N(C)C)cc1. The predicted molar refractivity (Wildman–Crippen MR) is 74.5 cm³/mol. The summed E-state index contributed by atoms with van der Waals surface area (Å²) in [6.45, 7) is 2.28. The fourth-order valence-electron chi connectivity index (χ4n) is 1.34. The molecule has 5 nitrogen and oxygen atoms in total. The summed E-state index contributed by atoms with van der Waals surface area (Å²) in [5, 5.41) is 2.98. The highest BCUT2D eigenvalue weighted by Crippen LogP contribution is 2.15. The van der Waals surface area contributed by atoms with Crippen molar-refractivity contribution in [3.05, 3.63) is 24.3 Å². The third-order valence-corrected chi connectivity index (χ3v) is 4.18. The molecule has 0 bridgehead atoms. The summed E-state index contributed by atoms with van der Waals surface area (Å²) in [7, 11) is 2.21. The molecule has 0 amide bonds. The van der Waals surface area contributed by atoms with Crippen molar-refractivity contribution in [3.63, 3.8) is 0 Å². The van der Waals surface area contributed by atoms with E-state index in [9.17, 15) is 8.42 Å². The van der Waals surface area contributed by atoms with Gasteiger partial charge in [-0.1, -0.05) is 0 Å². The van der Waals surface area contributed by atoms with Gasteiger partial charge in [0.2, 0.25) is 10.0 Å². The molecule has 1 unspecified atom stereocenters. The molecule has 1 aromatic rings. The largest absolute Gasteiger partial charge is 0.378 e. The van der Waals surface area contributed by atoms with Crippen LogP contribution in [0.15, 0.2) is 29.2 Å². The topological polar surface area (TPSA) is 61.4 Å². The summed E-state index contributed by atoms with van der Waals surface area (Å²) in [4.78, 5) is 2.21. The zero-order valence-electron chi connectivity index (χ0n) is 11.3. The van der Waals surface area contributed by atoms with Crippen LogP contribution in [0.3, 0.4) is 0 Å². The van der Waals surface area contributed by atoms with Gasteiger partial charge in [0.15, 0.2) is 0 Å². The molecule has 0 aliphatic heterocycles. The highest BCUT2D eigenvalue weighted by Gasteiger charge is 2.14. The van der Waals surface area contributed by atoms with Crippen LogP contribution in [0.25, 0.3) is 0 Å². The van der Waals surface area contributed by atoms with E-state index in [4.69, 9.17) is 0 Å². The molecule has 1 rings (SSSR count). The Hall–Kier alpha value is -1.11. The summed E-state index contributed by atoms with van der Waals surface area (Å²) in [5.41, 5.74) is 0.970. The van der Waals surface area contributed by atoms with Gasteiger partial charge in [-0.2, -0.15) is 0 Å². The van der Waals surface area contributed by atoms with Crippen molar-refractivity contribution in [1.82, 2.24) is 10.0 Å². The lowest BCUT2D eigenvalue weighted by atomic mass is 10.3. The van der Waals surface area contributed by atoms with Crippen molar-refractivity contribution < 1.29 is 8.42 Å². The lowest BCUT2D eigenvalue weighted by Crippen LogP contribution is -2.37. The minimum Gasteiger partial charge on any atom is -0.378 e. The first-order chi connectivity index (χ1) is 8.36. The summed E-state index contributed by atoms with van der Waals surface area (Å²) in [6, 6.07) is 6.90. The lowest BCUT2D eigenvalue weighted by Gasteiger charge is -2.14. The first kappa shape index (κ1) is 14.9. The molecule has 18 heavy (non-hydrogen) atoms. The van der Waals surface area contributed by atoms with Crippen LogP contribution in [-0.2, 0) is 10.0 Å². The number of likely N-dealkylation sites (N-methyl/N-ethyl adjacent to an activating group) is 1. The lowest BCUT2D eigenvalue weighted by molar-refractivity contribution is 0.554. The van der Waals surface area contributed by atoms with E-state index in [1.165, 1.54) is 0 Å². The van der Waals surface area contributed by atoms with Gasteiger partial charge in [-0.15, -0.1) is 0 Å². The first-order valence-corrected chi connectivity index (χ1v) is 7.29. The van der Waals surface area contributed by atoms with Crippen LogP contribution in [0.5, 0.6) is 0 Å². The van der Waals surface area contributed by atoms with Gasteiger partial charge in [0, 0.05) is 32.4 Å². The molecular weight excluding hydrogens is 250 g/mol. The Kier molecular flexibility index (Phi) is 5.13. The Morgan fingerprint density at radius 1 is 1.22 bits per heavy atom. The summed E-state index contributed by atoms with van der Waals surface area (Å²) in [5.74, 6) is 0. The predicted octanol–water partition coefficient (Wildman–Crippen LogP) is 0.639. The highest BCUT2D eigenvalue weighted by atomic mass is 32.2. The number of benzene rings is 1. The molecule has 0 aliphatic rings. The van der Waals surface area contributed by atoms with Crippen LogP contribution in [0.2, 0.25) is 0 Å². The zero-order chi connectivity index (χ0) is 13.8. The average molecular weight is 271 g/mol. The van der Waals surface area contributed by atoms with Crippen molar-refractivity contribution in [2.75, 3.05) is 32.6 Å². The molecule has 102 valence electrons. The normalized spacial score (nSPS) is 13.3.